The van der Waals surface area contributed by atoms with Crippen LogP contribution in [-0.2, 0) is 14.9 Å². The minimum absolute atomic E-state index is 0.0520. The molecule has 1 aliphatic rings. The maximum Gasteiger partial charge on any atom is 0.237 e. The predicted octanol–water partition coefficient (Wildman–Crippen LogP) is 4.65. The molecule has 0 aliphatic carbocycles. The first kappa shape index (κ1) is 18.3. The van der Waals surface area contributed by atoms with Crippen molar-refractivity contribution in [3.05, 3.63) is 64.6 Å². The molecule has 1 N–H and O–H groups in total. The minimum Gasteiger partial charge on any atom is -0.381 e. The largest absolute Gasteiger partial charge is 0.381 e. The third kappa shape index (κ3) is 3.81. The highest BCUT2D eigenvalue weighted by atomic mass is 79.9. The van der Waals surface area contributed by atoms with Crippen LogP contribution in [0, 0.1) is 0 Å². The summed E-state index contributed by atoms with van der Waals surface area (Å²) in [5.74, 6) is -0.0520. The Morgan fingerprint density at radius 3 is 2.44 bits per heavy atom. The van der Waals surface area contributed by atoms with Gasteiger partial charge in [0.1, 0.15) is 5.01 Å². The Labute approximate surface area is 169 Å². The number of anilines is 1. The Morgan fingerprint density at radius 2 is 1.74 bits per heavy atom. The topological polar surface area (TPSA) is 64.1 Å². The second-order valence-corrected chi connectivity index (χ2v) is 8.33. The summed E-state index contributed by atoms with van der Waals surface area (Å²) in [6.07, 6.45) is 1.29. The fourth-order valence-corrected chi connectivity index (χ4v) is 4.33. The lowest BCUT2D eigenvalue weighted by Crippen LogP contribution is -2.44. The molecular weight excluding hydrogens is 426 g/mol. The summed E-state index contributed by atoms with van der Waals surface area (Å²) < 4.78 is 6.51. The van der Waals surface area contributed by atoms with E-state index in [1.165, 1.54) is 11.3 Å². The van der Waals surface area contributed by atoms with Crippen molar-refractivity contribution < 1.29 is 9.53 Å². The standard InChI is InChI=1S/C20H18BrN3O2S/c21-16-8-6-15(7-9-16)20(10-12-26-13-11-20)18(25)22-19-24-23-17(27-19)14-4-2-1-3-5-14/h1-9H,10-13H2,(H,22,24,25). The van der Waals surface area contributed by atoms with E-state index >= 15 is 0 Å². The number of hydrogen-bond donors (Lipinski definition) is 1. The number of aromatic nitrogens is 2. The second kappa shape index (κ2) is 7.88. The van der Waals surface area contributed by atoms with Gasteiger partial charge in [-0.25, -0.2) is 0 Å². The van der Waals surface area contributed by atoms with Crippen LogP contribution in [0.5, 0.6) is 0 Å². The molecular formula is C20H18BrN3O2S. The molecule has 0 atom stereocenters. The second-order valence-electron chi connectivity index (χ2n) is 6.43. The van der Waals surface area contributed by atoms with Gasteiger partial charge in [0.2, 0.25) is 11.0 Å². The third-order valence-corrected chi connectivity index (χ3v) is 6.26. The van der Waals surface area contributed by atoms with Gasteiger partial charge in [0, 0.05) is 23.2 Å². The van der Waals surface area contributed by atoms with Crippen molar-refractivity contribution in [1.29, 1.82) is 0 Å². The van der Waals surface area contributed by atoms with E-state index in [1.54, 1.807) is 0 Å². The van der Waals surface area contributed by atoms with Crippen molar-refractivity contribution in [1.82, 2.24) is 10.2 Å². The van der Waals surface area contributed by atoms with E-state index in [0.717, 1.165) is 20.6 Å². The van der Waals surface area contributed by atoms with Crippen LogP contribution in [0.4, 0.5) is 5.13 Å². The molecule has 0 radical (unpaired) electrons. The van der Waals surface area contributed by atoms with Crippen LogP contribution in [0.2, 0.25) is 0 Å². The number of ether oxygens (including phenoxy) is 1. The summed E-state index contributed by atoms with van der Waals surface area (Å²) in [7, 11) is 0. The monoisotopic (exact) mass is 443 g/mol. The Bertz CT molecular complexity index is 922. The van der Waals surface area contributed by atoms with Gasteiger partial charge in [-0.2, -0.15) is 0 Å². The molecule has 1 aromatic heterocycles. The zero-order chi connectivity index (χ0) is 18.7. The van der Waals surface area contributed by atoms with Crippen LogP contribution >= 0.6 is 27.3 Å². The molecule has 2 heterocycles. The molecule has 3 aromatic rings. The number of benzene rings is 2. The van der Waals surface area contributed by atoms with Crippen molar-refractivity contribution in [3.63, 3.8) is 0 Å². The summed E-state index contributed by atoms with van der Waals surface area (Å²) in [6.45, 7) is 1.13. The van der Waals surface area contributed by atoms with Crippen LogP contribution in [-0.4, -0.2) is 29.3 Å². The molecule has 7 heteroatoms. The first-order valence-electron chi connectivity index (χ1n) is 8.72. The van der Waals surface area contributed by atoms with E-state index in [4.69, 9.17) is 4.74 Å². The zero-order valence-electron chi connectivity index (χ0n) is 14.5. The summed E-state index contributed by atoms with van der Waals surface area (Å²) in [5.41, 5.74) is 1.38. The van der Waals surface area contributed by atoms with Gasteiger partial charge in [-0.3, -0.25) is 10.1 Å². The van der Waals surface area contributed by atoms with Crippen LogP contribution in [0.15, 0.2) is 59.1 Å². The Balaban J connectivity index is 1.59. The lowest BCUT2D eigenvalue weighted by Gasteiger charge is -2.35. The van der Waals surface area contributed by atoms with Crippen LogP contribution < -0.4 is 5.32 Å². The zero-order valence-corrected chi connectivity index (χ0v) is 16.9. The SMILES string of the molecule is O=C(Nc1nnc(-c2ccccc2)s1)C1(c2ccc(Br)cc2)CCOCC1. The molecule has 0 spiro atoms. The van der Waals surface area contributed by atoms with Crippen molar-refractivity contribution in [2.45, 2.75) is 18.3 Å². The Morgan fingerprint density at radius 1 is 1.04 bits per heavy atom. The van der Waals surface area contributed by atoms with Crippen molar-refractivity contribution in [2.75, 3.05) is 18.5 Å². The molecule has 0 saturated carbocycles. The normalized spacial score (nSPS) is 16.0. The fourth-order valence-electron chi connectivity index (χ4n) is 3.32. The highest BCUT2D eigenvalue weighted by Gasteiger charge is 2.42. The van der Waals surface area contributed by atoms with Crippen molar-refractivity contribution in [2.24, 2.45) is 0 Å². The van der Waals surface area contributed by atoms with Gasteiger partial charge in [-0.1, -0.05) is 69.7 Å². The van der Waals surface area contributed by atoms with Gasteiger partial charge in [0.25, 0.3) is 0 Å². The lowest BCUT2D eigenvalue weighted by atomic mass is 9.73. The molecule has 1 aliphatic heterocycles. The third-order valence-electron chi connectivity index (χ3n) is 4.84. The molecule has 1 amide bonds. The molecule has 5 nitrogen and oxygen atoms in total. The van der Waals surface area contributed by atoms with E-state index < -0.39 is 5.41 Å². The van der Waals surface area contributed by atoms with Crippen LogP contribution in [0.3, 0.4) is 0 Å². The first-order chi connectivity index (χ1) is 13.2. The highest BCUT2D eigenvalue weighted by molar-refractivity contribution is 9.10. The number of hydrogen-bond acceptors (Lipinski definition) is 5. The molecule has 0 bridgehead atoms. The van der Waals surface area contributed by atoms with E-state index in [0.29, 0.717) is 31.2 Å². The minimum atomic E-state index is -0.614. The highest BCUT2D eigenvalue weighted by Crippen LogP contribution is 2.37. The average Bonchev–Trinajstić information content (AvgIpc) is 3.18. The molecule has 1 saturated heterocycles. The van der Waals surface area contributed by atoms with Crippen molar-refractivity contribution in [3.8, 4) is 10.6 Å². The number of carbonyl (C=O) groups is 1. The van der Waals surface area contributed by atoms with Gasteiger partial charge < -0.3 is 4.74 Å². The van der Waals surface area contributed by atoms with E-state index in [9.17, 15) is 4.79 Å². The maximum absolute atomic E-state index is 13.3. The van der Waals surface area contributed by atoms with E-state index in [2.05, 4.69) is 31.4 Å². The van der Waals surface area contributed by atoms with Gasteiger partial charge in [0.05, 0.1) is 5.41 Å². The first-order valence-corrected chi connectivity index (χ1v) is 10.3. The molecule has 138 valence electrons. The number of amides is 1. The van der Waals surface area contributed by atoms with Gasteiger partial charge in [-0.05, 0) is 30.5 Å². The maximum atomic E-state index is 13.3. The number of halogens is 1. The Hall–Kier alpha value is -2.09. The lowest BCUT2D eigenvalue weighted by molar-refractivity contribution is -0.125. The quantitative estimate of drug-likeness (QED) is 0.636. The molecule has 2 aromatic carbocycles. The van der Waals surface area contributed by atoms with Gasteiger partial charge >= 0.3 is 0 Å². The van der Waals surface area contributed by atoms with Gasteiger partial charge in [0.15, 0.2) is 0 Å². The van der Waals surface area contributed by atoms with Crippen LogP contribution in [0.1, 0.15) is 18.4 Å². The van der Waals surface area contributed by atoms with Crippen molar-refractivity contribution >= 4 is 38.3 Å². The number of rotatable bonds is 4. The van der Waals surface area contributed by atoms with E-state index in [-0.39, 0.29) is 5.91 Å². The van der Waals surface area contributed by atoms with Crippen LogP contribution in [0.25, 0.3) is 10.6 Å². The number of nitrogens with zero attached hydrogens (tertiary/aromatic N) is 2. The summed E-state index contributed by atoms with van der Waals surface area (Å²) >= 11 is 4.84. The number of carbonyl (C=O) groups excluding carboxylic acids is 1. The molecule has 27 heavy (non-hydrogen) atoms. The average molecular weight is 444 g/mol. The molecule has 0 unspecified atom stereocenters. The summed E-state index contributed by atoms with van der Waals surface area (Å²) in [4.78, 5) is 13.3. The molecule has 1 fully saturated rings. The van der Waals surface area contributed by atoms with E-state index in [1.807, 2.05) is 54.6 Å². The molecule has 4 rings (SSSR count). The summed E-state index contributed by atoms with van der Waals surface area (Å²) in [5, 5.41) is 12.7. The van der Waals surface area contributed by atoms with Gasteiger partial charge in [-0.15, -0.1) is 10.2 Å². The smallest absolute Gasteiger partial charge is 0.237 e. The fraction of sp³-hybridized carbons (Fsp3) is 0.250. The summed E-state index contributed by atoms with van der Waals surface area (Å²) in [6, 6.07) is 17.8. The Kier molecular flexibility index (Phi) is 5.33. The number of nitrogens with one attached hydrogen (secondary N) is 1. The predicted molar refractivity (Wildman–Crippen MR) is 110 cm³/mol.